The molecule has 2 heterocycles. The lowest BCUT2D eigenvalue weighted by atomic mass is 9.86. The second kappa shape index (κ2) is 8.83. The highest BCUT2D eigenvalue weighted by atomic mass is 16.5. The Morgan fingerprint density at radius 1 is 1.09 bits per heavy atom. The van der Waals surface area contributed by atoms with Crippen molar-refractivity contribution in [3.8, 4) is 23.0 Å². The van der Waals surface area contributed by atoms with Crippen molar-refractivity contribution in [2.45, 2.75) is 32.3 Å². The molecule has 2 aliphatic rings. The Kier molecular flexibility index (Phi) is 2.85. The lowest BCUT2D eigenvalue weighted by Crippen LogP contribution is -2.53. The lowest BCUT2D eigenvalue weighted by molar-refractivity contribution is 0.0202. The van der Waals surface area contributed by atoms with Gasteiger partial charge in [-0.3, -0.25) is 4.90 Å². The Morgan fingerprint density at radius 2 is 1.88 bits per heavy atom. The minimum absolute atomic E-state index is 0.0175. The largest absolute Gasteiger partial charge is 0.508 e. The lowest BCUT2D eigenvalue weighted by Gasteiger charge is -2.38. The zero-order valence-corrected chi connectivity index (χ0v) is 17.3. The third-order valence-electron chi connectivity index (χ3n) is 5.41. The summed E-state index contributed by atoms with van der Waals surface area (Å²) in [5, 5.41) is 20.2. The average molecular weight is 458 g/mol. The fraction of sp³-hybridized carbons (Fsp3) is 0.286. The predicted octanol–water partition coefficient (Wildman–Crippen LogP) is 5.64. The van der Waals surface area contributed by atoms with E-state index in [2.05, 4.69) is 0 Å². The van der Waals surface area contributed by atoms with Gasteiger partial charge in [0.25, 0.3) is 0 Å². The zero-order valence-electron chi connectivity index (χ0n) is 31.3. The van der Waals surface area contributed by atoms with Gasteiger partial charge < -0.3 is 19.7 Å². The molecule has 2 aliphatic heterocycles. The number of hydrogen-bond donors (Lipinski definition) is 2. The number of rotatable bonds is 6. The molecule has 1 atom stereocenters. The Bertz CT molecular complexity index is 1720. The molecule has 0 saturated carbocycles. The standard InChI is InChI=1S/C28H29NO4/c1-3-14-29-16-24(17-29)32-23-11-6-20(7-12-23)28-27(19-4-8-21(30)9-5-19)18(2)25-13-10-22(31)15-26(25)33-28/h4-13,15,24,28,30-31H,3,14,16-17H2,1-2H3/i1D3,2D3,3D2,11D,12D,13D,14D2,15D. The third kappa shape index (κ3) is 4.29. The van der Waals surface area contributed by atoms with Gasteiger partial charge in [0.2, 0.25) is 0 Å². The predicted molar refractivity (Wildman–Crippen MR) is 130 cm³/mol. The summed E-state index contributed by atoms with van der Waals surface area (Å²) in [6, 6.07) is 7.26. The van der Waals surface area contributed by atoms with Crippen LogP contribution in [0.15, 0.2) is 66.6 Å². The average Bonchev–Trinajstić information content (AvgIpc) is 2.92. The molecule has 5 rings (SSSR count). The van der Waals surface area contributed by atoms with E-state index < -0.39 is 56.6 Å². The SMILES string of the molecule is [2H]c1cc(C2Oc3c([2H])c(O)cc([2H])c3C(C([2H])([2H])[2H])=C2c2ccc(O)cc2)cc([2H])c1OC1CN(C([2H])([2H])C([2H])([2H])C([2H])([2H])[2H])C1. The van der Waals surface area contributed by atoms with Gasteiger partial charge in [0.15, 0.2) is 0 Å². The molecule has 3 aromatic rings. The van der Waals surface area contributed by atoms with E-state index in [1.807, 2.05) is 0 Å². The van der Waals surface area contributed by atoms with Gasteiger partial charge in [0.05, 0.1) is 5.48 Å². The number of phenolic OH excluding ortho intramolecular Hbond substituents is 2. The molecule has 1 saturated heterocycles. The van der Waals surface area contributed by atoms with Crippen LogP contribution in [0.2, 0.25) is 0 Å². The maximum absolute atomic E-state index is 10.3. The number of allylic oxidation sites excluding steroid dienone is 1. The number of aromatic hydroxyl groups is 2. The van der Waals surface area contributed by atoms with Gasteiger partial charge in [-0.25, -0.2) is 0 Å². The fourth-order valence-electron chi connectivity index (χ4n) is 3.76. The molecule has 170 valence electrons. The number of nitrogens with zero attached hydrogens (tertiary/aromatic N) is 1. The van der Waals surface area contributed by atoms with Gasteiger partial charge in [-0.2, -0.15) is 0 Å². The highest BCUT2D eigenvalue weighted by Gasteiger charge is 2.30. The monoisotopic (exact) mass is 457 g/mol. The molecule has 0 radical (unpaired) electrons. The van der Waals surface area contributed by atoms with Gasteiger partial charge >= 0.3 is 0 Å². The van der Waals surface area contributed by atoms with E-state index in [-0.39, 0.29) is 70.3 Å². The number of likely N-dealkylation sites (tertiary alicyclic amines) is 1. The van der Waals surface area contributed by atoms with Gasteiger partial charge in [0.1, 0.15) is 35.2 Å². The summed E-state index contributed by atoms with van der Waals surface area (Å²) in [5.41, 5.74) is -0.213. The van der Waals surface area contributed by atoms with Gasteiger partial charge in [-0.05, 0) is 72.7 Å². The van der Waals surface area contributed by atoms with Crippen LogP contribution < -0.4 is 9.47 Å². The van der Waals surface area contributed by atoms with E-state index in [9.17, 15) is 10.2 Å². The van der Waals surface area contributed by atoms with Crippen LogP contribution in [-0.4, -0.2) is 40.8 Å². The van der Waals surface area contributed by atoms with Crippen molar-refractivity contribution in [1.29, 1.82) is 0 Å². The van der Waals surface area contributed by atoms with Crippen LogP contribution in [0, 0.1) is 0 Å². The Labute approximate surface area is 214 Å². The van der Waals surface area contributed by atoms with Gasteiger partial charge in [0, 0.05) is 44.0 Å². The van der Waals surface area contributed by atoms with Crippen molar-refractivity contribution in [3.63, 3.8) is 0 Å². The van der Waals surface area contributed by atoms with Crippen LogP contribution >= 0.6 is 0 Å². The van der Waals surface area contributed by atoms with E-state index in [4.69, 9.17) is 28.7 Å². The fourth-order valence-corrected chi connectivity index (χ4v) is 3.76. The van der Waals surface area contributed by atoms with Crippen LogP contribution in [0.25, 0.3) is 11.1 Å². The van der Waals surface area contributed by atoms with Crippen molar-refractivity contribution < 1.29 is 38.9 Å². The van der Waals surface area contributed by atoms with Crippen LogP contribution in [0.5, 0.6) is 23.0 Å². The molecule has 33 heavy (non-hydrogen) atoms. The molecule has 1 unspecified atom stereocenters. The molecule has 2 N–H and O–H groups in total. The summed E-state index contributed by atoms with van der Waals surface area (Å²) in [4.78, 5) is 0.957. The molecule has 0 spiro atoms. The smallest absolute Gasteiger partial charge is 0.150 e. The molecular weight excluding hydrogens is 414 g/mol. The first-order valence-corrected chi connectivity index (χ1v) is 10.1. The number of benzene rings is 3. The minimum atomic E-state index is -3.24. The van der Waals surface area contributed by atoms with Gasteiger partial charge in [-0.15, -0.1) is 0 Å². The Morgan fingerprint density at radius 3 is 2.61 bits per heavy atom. The number of fused-ring (bicyclic) bond motifs is 1. The molecule has 0 aliphatic carbocycles. The summed E-state index contributed by atoms with van der Waals surface area (Å²) < 4.78 is 125. The van der Waals surface area contributed by atoms with E-state index in [1.165, 1.54) is 36.4 Å². The van der Waals surface area contributed by atoms with Crippen LogP contribution in [0.3, 0.4) is 0 Å². The first kappa shape index (κ1) is 10.7. The van der Waals surface area contributed by atoms with Gasteiger partial charge in [-0.1, -0.05) is 31.1 Å². The molecule has 1 fully saturated rings. The van der Waals surface area contributed by atoms with Crippen molar-refractivity contribution >= 4 is 11.1 Å². The number of ether oxygens (including phenoxy) is 2. The van der Waals surface area contributed by atoms with Crippen LogP contribution in [0.1, 0.15) is 62.1 Å². The molecule has 0 bridgehead atoms. The van der Waals surface area contributed by atoms with Crippen molar-refractivity contribution in [2.24, 2.45) is 0 Å². The summed E-state index contributed by atoms with van der Waals surface area (Å²) in [6.07, 6.45) is -5.38. The number of hydrogen-bond acceptors (Lipinski definition) is 5. The molecule has 5 heteroatoms. The summed E-state index contributed by atoms with van der Waals surface area (Å²) >= 11 is 0. The first-order chi connectivity index (χ1) is 21.6. The van der Waals surface area contributed by atoms with Crippen molar-refractivity contribution in [1.82, 2.24) is 4.90 Å². The zero-order chi connectivity index (χ0) is 35.0. The third-order valence-corrected chi connectivity index (χ3v) is 5.41. The summed E-state index contributed by atoms with van der Waals surface area (Å²) in [7, 11) is 0. The van der Waals surface area contributed by atoms with E-state index in [1.54, 1.807) is 0 Å². The first-order valence-electron chi connectivity index (χ1n) is 17.1. The normalized spacial score (nSPS) is 26.2. The molecule has 5 nitrogen and oxygen atoms in total. The Balaban J connectivity index is 1.54. The minimum Gasteiger partial charge on any atom is -0.508 e. The summed E-state index contributed by atoms with van der Waals surface area (Å²) in [6.45, 7) is -9.45. The van der Waals surface area contributed by atoms with Crippen molar-refractivity contribution in [2.75, 3.05) is 19.6 Å². The topological polar surface area (TPSA) is 62.2 Å². The molecular formula is C28H29NO4. The van der Waals surface area contributed by atoms with E-state index in [0.717, 1.165) is 11.0 Å². The molecule has 0 amide bonds. The maximum Gasteiger partial charge on any atom is 0.150 e. The number of phenols is 2. The van der Waals surface area contributed by atoms with Crippen molar-refractivity contribution in [3.05, 3.63) is 83.3 Å². The highest BCUT2D eigenvalue weighted by Crippen LogP contribution is 2.47. The second-order valence-electron chi connectivity index (χ2n) is 7.62. The van der Waals surface area contributed by atoms with E-state index in [0.29, 0.717) is 0 Å². The molecule has 3 aromatic carbocycles. The molecule has 0 aromatic heterocycles. The Hall–Kier alpha value is -3.44. The van der Waals surface area contributed by atoms with Crippen LogP contribution in [-0.2, 0) is 0 Å². The maximum atomic E-state index is 10.3. The second-order valence-corrected chi connectivity index (χ2v) is 7.62. The van der Waals surface area contributed by atoms with Crippen LogP contribution in [0.4, 0.5) is 0 Å². The summed E-state index contributed by atoms with van der Waals surface area (Å²) in [5.74, 6) is -1.35. The highest BCUT2D eigenvalue weighted by molar-refractivity contribution is 5.95. The quantitative estimate of drug-likeness (QED) is 0.502. The van der Waals surface area contributed by atoms with E-state index >= 15 is 0 Å².